The summed E-state index contributed by atoms with van der Waals surface area (Å²) in [7, 11) is 1.55. The molecule has 2 aromatic rings. The van der Waals surface area contributed by atoms with Gasteiger partial charge in [-0.25, -0.2) is 0 Å². The predicted molar refractivity (Wildman–Crippen MR) is 94.4 cm³/mol. The maximum Gasteiger partial charge on any atom is 0.268 e. The van der Waals surface area contributed by atoms with Gasteiger partial charge in [0.15, 0.2) is 0 Å². The highest BCUT2D eigenvalue weighted by atomic mass is 16.5. The SMILES string of the molecule is COc1ccccc1-n1ccc(C)c(C(=O)N2CCC(CO)C2)c1=O. The van der Waals surface area contributed by atoms with Gasteiger partial charge >= 0.3 is 0 Å². The van der Waals surface area contributed by atoms with Crippen LogP contribution in [0.15, 0.2) is 41.3 Å². The van der Waals surface area contributed by atoms with E-state index in [1.165, 1.54) is 4.57 Å². The average Bonchev–Trinajstić information content (AvgIpc) is 3.11. The fourth-order valence-electron chi connectivity index (χ4n) is 3.23. The number of nitrogens with zero attached hydrogens (tertiary/aromatic N) is 2. The summed E-state index contributed by atoms with van der Waals surface area (Å²) in [6.07, 6.45) is 2.42. The quantitative estimate of drug-likeness (QED) is 0.916. The lowest BCUT2D eigenvalue weighted by Crippen LogP contribution is -2.36. The number of aryl methyl sites for hydroxylation is 1. The lowest BCUT2D eigenvalue weighted by molar-refractivity contribution is 0.0779. The van der Waals surface area contributed by atoms with Crippen molar-refractivity contribution < 1.29 is 14.6 Å². The Balaban J connectivity index is 2.04. The second-order valence-electron chi connectivity index (χ2n) is 6.31. The lowest BCUT2D eigenvalue weighted by Gasteiger charge is -2.18. The molecule has 1 aromatic carbocycles. The fraction of sp³-hybridized carbons (Fsp3) is 0.368. The first-order chi connectivity index (χ1) is 12.1. The summed E-state index contributed by atoms with van der Waals surface area (Å²) in [5.74, 6) is 0.375. The van der Waals surface area contributed by atoms with Crippen LogP contribution in [-0.4, -0.2) is 47.3 Å². The molecule has 0 radical (unpaired) electrons. The molecule has 1 amide bonds. The van der Waals surface area contributed by atoms with E-state index in [4.69, 9.17) is 4.74 Å². The number of hydrogen-bond donors (Lipinski definition) is 1. The van der Waals surface area contributed by atoms with Gasteiger partial charge in [0.2, 0.25) is 0 Å². The topological polar surface area (TPSA) is 71.8 Å². The lowest BCUT2D eigenvalue weighted by atomic mass is 10.1. The van der Waals surface area contributed by atoms with Crippen LogP contribution in [0.1, 0.15) is 22.3 Å². The van der Waals surface area contributed by atoms with Gasteiger partial charge in [-0.3, -0.25) is 14.2 Å². The minimum Gasteiger partial charge on any atom is -0.495 e. The first-order valence-electron chi connectivity index (χ1n) is 8.32. The number of pyridine rings is 1. The smallest absolute Gasteiger partial charge is 0.268 e. The molecule has 1 N–H and O–H groups in total. The zero-order valence-electron chi connectivity index (χ0n) is 14.4. The van der Waals surface area contributed by atoms with Crippen LogP contribution < -0.4 is 10.3 Å². The maximum atomic E-state index is 13.0. The summed E-state index contributed by atoms with van der Waals surface area (Å²) in [6.45, 7) is 2.87. The van der Waals surface area contributed by atoms with Crippen LogP contribution in [0.4, 0.5) is 0 Å². The molecule has 1 atom stereocenters. The van der Waals surface area contributed by atoms with Gasteiger partial charge in [0.1, 0.15) is 11.3 Å². The summed E-state index contributed by atoms with van der Waals surface area (Å²) < 4.78 is 6.77. The summed E-state index contributed by atoms with van der Waals surface area (Å²) >= 11 is 0. The van der Waals surface area contributed by atoms with E-state index in [-0.39, 0.29) is 29.6 Å². The van der Waals surface area contributed by atoms with Crippen LogP contribution in [0, 0.1) is 12.8 Å². The van der Waals surface area contributed by atoms with Crippen molar-refractivity contribution in [3.63, 3.8) is 0 Å². The Morgan fingerprint density at radius 2 is 2.08 bits per heavy atom. The number of carbonyl (C=O) groups excluding carboxylic acids is 1. The molecule has 132 valence electrons. The highest BCUT2D eigenvalue weighted by Crippen LogP contribution is 2.22. The van der Waals surface area contributed by atoms with Gasteiger partial charge in [-0.1, -0.05) is 12.1 Å². The Morgan fingerprint density at radius 1 is 1.32 bits per heavy atom. The molecule has 0 bridgehead atoms. The van der Waals surface area contributed by atoms with E-state index >= 15 is 0 Å². The standard InChI is InChI=1S/C19H22N2O4/c1-13-7-10-21(15-5-3-4-6-16(15)25-2)19(24)17(13)18(23)20-9-8-14(11-20)12-22/h3-7,10,14,22H,8-9,11-12H2,1-2H3. The first-order valence-corrected chi connectivity index (χ1v) is 8.32. The van der Waals surface area contributed by atoms with Crippen LogP contribution in [0.5, 0.6) is 5.75 Å². The van der Waals surface area contributed by atoms with Gasteiger partial charge in [-0.2, -0.15) is 0 Å². The Labute approximate surface area is 146 Å². The fourth-order valence-corrected chi connectivity index (χ4v) is 3.23. The van der Waals surface area contributed by atoms with Crippen molar-refractivity contribution in [2.24, 2.45) is 5.92 Å². The Hall–Kier alpha value is -2.60. The molecule has 0 spiro atoms. The molecule has 1 aliphatic rings. The van der Waals surface area contributed by atoms with Crippen molar-refractivity contribution in [2.75, 3.05) is 26.8 Å². The molecular formula is C19H22N2O4. The summed E-state index contributed by atoms with van der Waals surface area (Å²) in [5.41, 5.74) is 1.06. The number of ether oxygens (including phenoxy) is 1. The molecule has 6 heteroatoms. The predicted octanol–water partition coefficient (Wildman–Crippen LogP) is 1.61. The molecule has 1 aromatic heterocycles. The van der Waals surface area contributed by atoms with E-state index in [1.54, 1.807) is 43.3 Å². The number of amides is 1. The molecule has 1 aliphatic heterocycles. The number of rotatable bonds is 4. The number of aliphatic hydroxyl groups is 1. The zero-order valence-corrected chi connectivity index (χ0v) is 14.4. The molecular weight excluding hydrogens is 320 g/mol. The number of methoxy groups -OCH3 is 1. The van der Waals surface area contributed by atoms with Gasteiger partial charge < -0.3 is 14.7 Å². The van der Waals surface area contributed by atoms with Gasteiger partial charge in [0, 0.05) is 31.8 Å². The van der Waals surface area contributed by atoms with Crippen molar-refractivity contribution in [1.82, 2.24) is 9.47 Å². The van der Waals surface area contributed by atoms with E-state index in [9.17, 15) is 14.7 Å². The first kappa shape index (κ1) is 17.2. The minimum atomic E-state index is -0.359. The molecule has 1 unspecified atom stereocenters. The average molecular weight is 342 g/mol. The molecule has 1 fully saturated rings. The third-order valence-corrected chi connectivity index (χ3v) is 4.69. The van der Waals surface area contributed by atoms with Gasteiger partial charge in [0.05, 0.1) is 12.8 Å². The highest BCUT2D eigenvalue weighted by molar-refractivity contribution is 5.95. The third kappa shape index (κ3) is 3.17. The second kappa shape index (κ2) is 7.11. The van der Waals surface area contributed by atoms with E-state index in [1.807, 2.05) is 12.1 Å². The molecule has 6 nitrogen and oxygen atoms in total. The van der Waals surface area contributed by atoms with Crippen LogP contribution in [-0.2, 0) is 0 Å². The summed E-state index contributed by atoms with van der Waals surface area (Å²) in [6, 6.07) is 8.96. The highest BCUT2D eigenvalue weighted by Gasteiger charge is 2.29. The number of para-hydroxylation sites is 2. The number of likely N-dealkylation sites (tertiary alicyclic amines) is 1. The largest absolute Gasteiger partial charge is 0.495 e. The number of aliphatic hydroxyl groups excluding tert-OH is 1. The van der Waals surface area contributed by atoms with Crippen molar-refractivity contribution in [3.05, 3.63) is 58.0 Å². The van der Waals surface area contributed by atoms with E-state index in [2.05, 4.69) is 0 Å². The minimum absolute atomic E-state index is 0.0585. The molecule has 25 heavy (non-hydrogen) atoms. The zero-order chi connectivity index (χ0) is 18.0. The molecule has 0 aliphatic carbocycles. The van der Waals surface area contributed by atoms with Crippen LogP contribution in [0.25, 0.3) is 5.69 Å². The Morgan fingerprint density at radius 3 is 2.76 bits per heavy atom. The number of carbonyl (C=O) groups is 1. The van der Waals surface area contributed by atoms with Crippen molar-refractivity contribution >= 4 is 5.91 Å². The molecule has 1 saturated heterocycles. The van der Waals surface area contributed by atoms with E-state index in [0.29, 0.717) is 30.1 Å². The van der Waals surface area contributed by atoms with Crippen LogP contribution in [0.3, 0.4) is 0 Å². The van der Waals surface area contributed by atoms with Gasteiger partial charge in [-0.05, 0) is 37.1 Å². The Kier molecular flexibility index (Phi) is 4.90. The van der Waals surface area contributed by atoms with Crippen LogP contribution in [0.2, 0.25) is 0 Å². The second-order valence-corrected chi connectivity index (χ2v) is 6.31. The van der Waals surface area contributed by atoms with Crippen molar-refractivity contribution in [2.45, 2.75) is 13.3 Å². The van der Waals surface area contributed by atoms with E-state index in [0.717, 1.165) is 6.42 Å². The number of aromatic nitrogens is 1. The van der Waals surface area contributed by atoms with Crippen molar-refractivity contribution in [1.29, 1.82) is 0 Å². The molecule has 0 saturated carbocycles. The monoisotopic (exact) mass is 342 g/mol. The van der Waals surface area contributed by atoms with Crippen molar-refractivity contribution in [3.8, 4) is 11.4 Å². The Bertz CT molecular complexity index is 844. The van der Waals surface area contributed by atoms with E-state index < -0.39 is 0 Å². The third-order valence-electron chi connectivity index (χ3n) is 4.69. The molecule has 3 rings (SSSR count). The van der Waals surface area contributed by atoms with Crippen LogP contribution >= 0.6 is 0 Å². The van der Waals surface area contributed by atoms with Gasteiger partial charge in [-0.15, -0.1) is 0 Å². The summed E-state index contributed by atoms with van der Waals surface area (Å²) in [5, 5.41) is 9.28. The normalized spacial score (nSPS) is 16.9. The maximum absolute atomic E-state index is 13.0. The van der Waals surface area contributed by atoms with Gasteiger partial charge in [0.25, 0.3) is 11.5 Å². The number of benzene rings is 1. The molecule has 2 heterocycles. The summed E-state index contributed by atoms with van der Waals surface area (Å²) in [4.78, 5) is 27.6. The number of hydrogen-bond acceptors (Lipinski definition) is 4.